The molecular formula is C17H28N2O. The number of nitrogens with one attached hydrogen (secondary N) is 1. The number of hydrogen-bond acceptors (Lipinski definition) is 3. The van der Waals surface area contributed by atoms with Gasteiger partial charge in [0.2, 0.25) is 0 Å². The van der Waals surface area contributed by atoms with Crippen molar-refractivity contribution in [2.24, 2.45) is 5.41 Å². The fourth-order valence-electron chi connectivity index (χ4n) is 2.72. The predicted octanol–water partition coefficient (Wildman–Crippen LogP) is 3.99. The summed E-state index contributed by atoms with van der Waals surface area (Å²) in [5.74, 6) is 0.964. The second kappa shape index (κ2) is 5.36. The Balaban J connectivity index is 1.98. The topological polar surface area (TPSA) is 34.1 Å². The molecule has 3 nitrogen and oxygen atoms in total. The molecule has 20 heavy (non-hydrogen) atoms. The molecule has 112 valence electrons. The van der Waals surface area contributed by atoms with Crippen LogP contribution in [0.15, 0.2) is 18.3 Å². The smallest absolute Gasteiger partial charge is 0.126 e. The molecular weight excluding hydrogens is 248 g/mol. The van der Waals surface area contributed by atoms with Gasteiger partial charge in [-0.25, -0.2) is 4.98 Å². The molecule has 3 heteroatoms. The zero-order valence-electron chi connectivity index (χ0n) is 13.7. The van der Waals surface area contributed by atoms with E-state index in [4.69, 9.17) is 4.74 Å². The van der Waals surface area contributed by atoms with Gasteiger partial charge in [-0.2, -0.15) is 0 Å². The summed E-state index contributed by atoms with van der Waals surface area (Å²) in [6.45, 7) is 14.0. The summed E-state index contributed by atoms with van der Waals surface area (Å²) in [5.41, 5.74) is 1.59. The lowest BCUT2D eigenvalue weighted by molar-refractivity contribution is -0.0976. The van der Waals surface area contributed by atoms with Crippen molar-refractivity contribution in [3.8, 4) is 0 Å². The molecule has 0 radical (unpaired) electrons. The Morgan fingerprint density at radius 3 is 2.50 bits per heavy atom. The molecule has 0 amide bonds. The summed E-state index contributed by atoms with van der Waals surface area (Å²) < 4.78 is 5.76. The van der Waals surface area contributed by atoms with Gasteiger partial charge in [0.05, 0.1) is 6.10 Å². The Bertz CT molecular complexity index is 445. The van der Waals surface area contributed by atoms with Crippen molar-refractivity contribution in [1.82, 2.24) is 4.98 Å². The highest BCUT2D eigenvalue weighted by Crippen LogP contribution is 2.44. The van der Waals surface area contributed by atoms with Crippen LogP contribution in [0.1, 0.15) is 53.5 Å². The van der Waals surface area contributed by atoms with E-state index < -0.39 is 0 Å². The fourth-order valence-corrected chi connectivity index (χ4v) is 2.72. The first kappa shape index (κ1) is 15.3. The van der Waals surface area contributed by atoms with Gasteiger partial charge < -0.3 is 10.1 Å². The average Bonchev–Trinajstić information content (AvgIpc) is 2.37. The van der Waals surface area contributed by atoms with Crippen molar-refractivity contribution < 1.29 is 4.74 Å². The van der Waals surface area contributed by atoms with E-state index in [1.54, 1.807) is 0 Å². The summed E-state index contributed by atoms with van der Waals surface area (Å²) in [5, 5.41) is 3.54. The van der Waals surface area contributed by atoms with Gasteiger partial charge in [-0.3, -0.25) is 0 Å². The first-order chi connectivity index (χ1) is 9.25. The third-order valence-corrected chi connectivity index (χ3v) is 4.50. The van der Waals surface area contributed by atoms with E-state index in [2.05, 4.69) is 64.0 Å². The lowest BCUT2D eigenvalue weighted by Gasteiger charge is -2.51. The lowest BCUT2D eigenvalue weighted by Crippen LogP contribution is -2.58. The SMILES string of the molecule is CCOC1CC(Nc2ccc(C(C)(C)C)cn2)C1(C)C. The Hall–Kier alpha value is -1.09. The van der Waals surface area contributed by atoms with Gasteiger partial charge in [-0.15, -0.1) is 0 Å². The highest BCUT2D eigenvalue weighted by Gasteiger charge is 2.49. The average molecular weight is 276 g/mol. The molecule has 1 aromatic heterocycles. The number of nitrogens with zero attached hydrogens (tertiary/aromatic N) is 1. The molecule has 1 aliphatic rings. The van der Waals surface area contributed by atoms with Gasteiger partial charge in [0, 0.05) is 24.3 Å². The third-order valence-electron chi connectivity index (χ3n) is 4.50. The summed E-state index contributed by atoms with van der Waals surface area (Å²) >= 11 is 0. The first-order valence-corrected chi connectivity index (χ1v) is 7.60. The maximum Gasteiger partial charge on any atom is 0.126 e. The summed E-state index contributed by atoms with van der Waals surface area (Å²) in [6, 6.07) is 4.69. The van der Waals surface area contributed by atoms with Crippen molar-refractivity contribution in [1.29, 1.82) is 0 Å². The second-order valence-electron chi connectivity index (χ2n) is 7.38. The molecule has 1 saturated carbocycles. The molecule has 1 fully saturated rings. The minimum Gasteiger partial charge on any atom is -0.378 e. The van der Waals surface area contributed by atoms with E-state index in [1.165, 1.54) is 5.56 Å². The maximum atomic E-state index is 5.76. The van der Waals surface area contributed by atoms with Crippen LogP contribution in [0.4, 0.5) is 5.82 Å². The van der Waals surface area contributed by atoms with E-state index in [0.29, 0.717) is 12.1 Å². The van der Waals surface area contributed by atoms with Crippen LogP contribution in [0.3, 0.4) is 0 Å². The Labute approximate surface area is 123 Å². The van der Waals surface area contributed by atoms with Crippen molar-refractivity contribution in [3.63, 3.8) is 0 Å². The van der Waals surface area contributed by atoms with Crippen molar-refractivity contribution in [3.05, 3.63) is 23.9 Å². The van der Waals surface area contributed by atoms with E-state index >= 15 is 0 Å². The van der Waals surface area contributed by atoms with Crippen LogP contribution in [0.5, 0.6) is 0 Å². The van der Waals surface area contributed by atoms with E-state index in [9.17, 15) is 0 Å². The van der Waals surface area contributed by atoms with Crippen LogP contribution >= 0.6 is 0 Å². The standard InChI is InChI=1S/C17H28N2O/c1-7-20-14-10-13(17(14,5)6)19-15-9-8-12(11-18-15)16(2,3)4/h8-9,11,13-14H,7,10H2,1-6H3,(H,18,19). The number of aromatic nitrogens is 1. The quantitative estimate of drug-likeness (QED) is 0.902. The second-order valence-corrected chi connectivity index (χ2v) is 7.38. The van der Waals surface area contributed by atoms with Crippen LogP contribution in [-0.4, -0.2) is 23.7 Å². The number of anilines is 1. The minimum absolute atomic E-state index is 0.154. The summed E-state index contributed by atoms with van der Waals surface area (Å²) in [6.07, 6.45) is 3.40. The first-order valence-electron chi connectivity index (χ1n) is 7.60. The van der Waals surface area contributed by atoms with E-state index in [0.717, 1.165) is 18.8 Å². The van der Waals surface area contributed by atoms with E-state index in [-0.39, 0.29) is 10.8 Å². The van der Waals surface area contributed by atoms with Crippen LogP contribution < -0.4 is 5.32 Å². The van der Waals surface area contributed by atoms with Crippen molar-refractivity contribution >= 4 is 5.82 Å². The predicted molar refractivity (Wildman–Crippen MR) is 84.2 cm³/mol. The third kappa shape index (κ3) is 2.98. The summed E-state index contributed by atoms with van der Waals surface area (Å²) in [7, 11) is 0. The van der Waals surface area contributed by atoms with Gasteiger partial charge in [-0.05, 0) is 30.4 Å². The number of ether oxygens (including phenoxy) is 1. The molecule has 0 saturated heterocycles. The van der Waals surface area contributed by atoms with Crippen LogP contribution in [0, 0.1) is 5.41 Å². The lowest BCUT2D eigenvalue weighted by atomic mass is 9.64. The molecule has 0 aromatic carbocycles. The van der Waals surface area contributed by atoms with Gasteiger partial charge in [-0.1, -0.05) is 40.7 Å². The number of hydrogen-bond donors (Lipinski definition) is 1. The van der Waals surface area contributed by atoms with Gasteiger partial charge in [0.25, 0.3) is 0 Å². The molecule has 1 N–H and O–H groups in total. The summed E-state index contributed by atoms with van der Waals surface area (Å²) in [4.78, 5) is 4.55. The minimum atomic E-state index is 0.154. The highest BCUT2D eigenvalue weighted by molar-refractivity contribution is 5.40. The molecule has 2 atom stereocenters. The molecule has 1 aromatic rings. The molecule has 0 spiro atoms. The van der Waals surface area contributed by atoms with Crippen LogP contribution in [0.2, 0.25) is 0 Å². The zero-order valence-corrected chi connectivity index (χ0v) is 13.7. The normalized spacial score (nSPS) is 25.1. The van der Waals surface area contributed by atoms with Crippen molar-refractivity contribution in [2.75, 3.05) is 11.9 Å². The Morgan fingerprint density at radius 1 is 1.35 bits per heavy atom. The largest absolute Gasteiger partial charge is 0.378 e. The van der Waals surface area contributed by atoms with Crippen LogP contribution in [0.25, 0.3) is 0 Å². The van der Waals surface area contributed by atoms with Gasteiger partial charge in [0.15, 0.2) is 0 Å². The van der Waals surface area contributed by atoms with Gasteiger partial charge in [0.1, 0.15) is 5.82 Å². The molecule has 0 aliphatic heterocycles. The molecule has 1 heterocycles. The maximum absolute atomic E-state index is 5.76. The number of rotatable bonds is 4. The fraction of sp³-hybridized carbons (Fsp3) is 0.706. The molecule has 2 unspecified atom stereocenters. The molecule has 0 bridgehead atoms. The van der Waals surface area contributed by atoms with E-state index in [1.807, 2.05) is 6.20 Å². The zero-order chi connectivity index (χ0) is 15.0. The van der Waals surface area contributed by atoms with Crippen molar-refractivity contribution in [2.45, 2.75) is 65.5 Å². The Morgan fingerprint density at radius 2 is 2.05 bits per heavy atom. The van der Waals surface area contributed by atoms with Gasteiger partial charge >= 0.3 is 0 Å². The van der Waals surface area contributed by atoms with Crippen LogP contribution in [-0.2, 0) is 10.2 Å². The highest BCUT2D eigenvalue weighted by atomic mass is 16.5. The molecule has 2 rings (SSSR count). The Kier molecular flexibility index (Phi) is 4.10. The number of pyridine rings is 1. The molecule has 1 aliphatic carbocycles. The monoisotopic (exact) mass is 276 g/mol.